The second-order valence-corrected chi connectivity index (χ2v) is 7.96. The van der Waals surface area contributed by atoms with Crippen molar-refractivity contribution in [1.29, 1.82) is 0 Å². The van der Waals surface area contributed by atoms with Gasteiger partial charge in [-0.15, -0.1) is 0 Å². The fourth-order valence-corrected chi connectivity index (χ4v) is 4.80. The standard InChI is InChI=1S/C19H28FN3/c1-11(2)19-22-17-10-15-8-7-14(21-15)9-16(17)18(23-19)12-3-5-13(20)6-4-12/h3-6,11,14-19,21-23H,7-10H2,1-2H3. The predicted molar refractivity (Wildman–Crippen MR) is 90.5 cm³/mol. The highest BCUT2D eigenvalue weighted by Crippen LogP contribution is 2.39. The molecule has 3 nitrogen and oxygen atoms in total. The molecular formula is C19H28FN3. The zero-order valence-electron chi connectivity index (χ0n) is 14.1. The molecule has 1 aromatic rings. The van der Waals surface area contributed by atoms with Gasteiger partial charge < -0.3 is 5.32 Å². The molecule has 0 aliphatic carbocycles. The maximum atomic E-state index is 13.3. The van der Waals surface area contributed by atoms with Crippen LogP contribution in [0.25, 0.3) is 0 Å². The third kappa shape index (κ3) is 3.04. The largest absolute Gasteiger partial charge is 0.311 e. The van der Waals surface area contributed by atoms with Crippen molar-refractivity contribution in [3.05, 3.63) is 35.6 Å². The van der Waals surface area contributed by atoms with E-state index in [4.69, 9.17) is 0 Å². The minimum atomic E-state index is -0.152. The summed E-state index contributed by atoms with van der Waals surface area (Å²) >= 11 is 0. The SMILES string of the molecule is CC(C)C1NC2CC3CCC(CC2C(c2ccc(F)cc2)N1)N3. The van der Waals surface area contributed by atoms with Crippen LogP contribution in [0.5, 0.6) is 0 Å². The Balaban J connectivity index is 1.64. The van der Waals surface area contributed by atoms with Gasteiger partial charge >= 0.3 is 0 Å². The molecule has 126 valence electrons. The quantitative estimate of drug-likeness (QED) is 0.785. The first-order valence-corrected chi connectivity index (χ1v) is 9.14. The molecule has 3 aliphatic rings. The van der Waals surface area contributed by atoms with E-state index in [0.717, 1.165) is 0 Å². The molecule has 3 fully saturated rings. The number of hydrogen-bond acceptors (Lipinski definition) is 3. The van der Waals surface area contributed by atoms with Crippen LogP contribution in [0, 0.1) is 17.7 Å². The van der Waals surface area contributed by atoms with Crippen LogP contribution in [0.3, 0.4) is 0 Å². The highest BCUT2D eigenvalue weighted by atomic mass is 19.1. The van der Waals surface area contributed by atoms with Crippen LogP contribution in [0.15, 0.2) is 24.3 Å². The second-order valence-electron chi connectivity index (χ2n) is 7.96. The minimum absolute atomic E-state index is 0.152. The van der Waals surface area contributed by atoms with E-state index in [-0.39, 0.29) is 5.82 Å². The Kier molecular flexibility index (Phi) is 4.16. The van der Waals surface area contributed by atoms with Gasteiger partial charge in [0.2, 0.25) is 0 Å². The van der Waals surface area contributed by atoms with E-state index in [1.807, 2.05) is 12.1 Å². The molecule has 3 aliphatic heterocycles. The lowest BCUT2D eigenvalue weighted by Crippen LogP contribution is -2.62. The summed E-state index contributed by atoms with van der Waals surface area (Å²) in [5.41, 5.74) is 1.23. The van der Waals surface area contributed by atoms with Crippen molar-refractivity contribution in [3.63, 3.8) is 0 Å². The molecule has 6 atom stereocenters. The van der Waals surface area contributed by atoms with E-state index in [0.29, 0.717) is 42.2 Å². The van der Waals surface area contributed by atoms with Crippen molar-refractivity contribution in [2.24, 2.45) is 11.8 Å². The van der Waals surface area contributed by atoms with Gasteiger partial charge in [-0.2, -0.15) is 0 Å². The zero-order valence-corrected chi connectivity index (χ0v) is 14.1. The van der Waals surface area contributed by atoms with E-state index in [1.54, 1.807) is 12.1 Å². The van der Waals surface area contributed by atoms with E-state index in [1.165, 1.54) is 31.2 Å². The Morgan fingerprint density at radius 3 is 2.35 bits per heavy atom. The summed E-state index contributed by atoms with van der Waals surface area (Å²) in [6.45, 7) is 4.52. The summed E-state index contributed by atoms with van der Waals surface area (Å²) in [7, 11) is 0. The summed E-state index contributed by atoms with van der Waals surface area (Å²) in [5, 5.41) is 11.5. The number of hydrogen-bond donors (Lipinski definition) is 3. The van der Waals surface area contributed by atoms with Crippen LogP contribution in [0.4, 0.5) is 4.39 Å². The highest BCUT2D eigenvalue weighted by molar-refractivity contribution is 5.23. The Bertz CT molecular complexity index is 544. The molecule has 4 heteroatoms. The monoisotopic (exact) mass is 317 g/mol. The highest BCUT2D eigenvalue weighted by Gasteiger charge is 2.44. The van der Waals surface area contributed by atoms with Gasteiger partial charge in [0.05, 0.1) is 6.17 Å². The Morgan fingerprint density at radius 1 is 0.957 bits per heavy atom. The van der Waals surface area contributed by atoms with Gasteiger partial charge in [0.1, 0.15) is 5.82 Å². The van der Waals surface area contributed by atoms with Gasteiger partial charge in [-0.1, -0.05) is 26.0 Å². The van der Waals surface area contributed by atoms with E-state index >= 15 is 0 Å². The molecule has 0 spiro atoms. The molecule has 3 heterocycles. The van der Waals surface area contributed by atoms with E-state index < -0.39 is 0 Å². The van der Waals surface area contributed by atoms with Gasteiger partial charge in [-0.3, -0.25) is 10.6 Å². The molecule has 23 heavy (non-hydrogen) atoms. The van der Waals surface area contributed by atoms with Crippen molar-refractivity contribution in [3.8, 4) is 0 Å². The number of rotatable bonds is 2. The number of fused-ring (bicyclic) bond motifs is 3. The van der Waals surface area contributed by atoms with Gasteiger partial charge in [0.15, 0.2) is 0 Å². The topological polar surface area (TPSA) is 36.1 Å². The molecule has 6 unspecified atom stereocenters. The second kappa shape index (κ2) is 6.15. The van der Waals surface area contributed by atoms with Crippen LogP contribution >= 0.6 is 0 Å². The summed E-state index contributed by atoms with van der Waals surface area (Å²) in [6, 6.07) is 9.29. The van der Waals surface area contributed by atoms with Crippen LogP contribution in [-0.2, 0) is 0 Å². The first-order valence-electron chi connectivity index (χ1n) is 9.14. The first-order chi connectivity index (χ1) is 11.1. The molecule has 0 saturated carbocycles. The van der Waals surface area contributed by atoms with Crippen molar-refractivity contribution in [2.75, 3.05) is 0 Å². The average Bonchev–Trinajstić information content (AvgIpc) is 2.87. The number of nitrogens with one attached hydrogen (secondary N) is 3. The van der Waals surface area contributed by atoms with Crippen molar-refractivity contribution in [1.82, 2.24) is 16.0 Å². The van der Waals surface area contributed by atoms with Crippen LogP contribution < -0.4 is 16.0 Å². The van der Waals surface area contributed by atoms with E-state index in [2.05, 4.69) is 29.8 Å². The molecule has 3 saturated heterocycles. The Morgan fingerprint density at radius 2 is 1.65 bits per heavy atom. The van der Waals surface area contributed by atoms with Gasteiger partial charge in [-0.25, -0.2) is 4.39 Å². The Hall–Kier alpha value is -0.970. The molecule has 2 bridgehead atoms. The van der Waals surface area contributed by atoms with Crippen molar-refractivity contribution in [2.45, 2.75) is 69.9 Å². The lowest BCUT2D eigenvalue weighted by Gasteiger charge is -2.46. The molecule has 4 rings (SSSR count). The third-order valence-electron chi connectivity index (χ3n) is 6.02. The van der Waals surface area contributed by atoms with Gasteiger partial charge in [0.25, 0.3) is 0 Å². The molecule has 0 aromatic heterocycles. The average molecular weight is 317 g/mol. The molecule has 1 aromatic carbocycles. The molecule has 3 N–H and O–H groups in total. The minimum Gasteiger partial charge on any atom is -0.311 e. The zero-order chi connectivity index (χ0) is 16.0. The summed E-state index contributed by atoms with van der Waals surface area (Å²) in [6.07, 6.45) is 5.36. The fraction of sp³-hybridized carbons (Fsp3) is 0.684. The molecule has 0 amide bonds. The molecule has 0 radical (unpaired) electrons. The van der Waals surface area contributed by atoms with Crippen LogP contribution in [-0.4, -0.2) is 24.3 Å². The maximum Gasteiger partial charge on any atom is 0.123 e. The third-order valence-corrected chi connectivity index (χ3v) is 6.02. The van der Waals surface area contributed by atoms with E-state index in [9.17, 15) is 4.39 Å². The van der Waals surface area contributed by atoms with Crippen LogP contribution in [0.1, 0.15) is 51.1 Å². The number of benzene rings is 1. The summed E-state index contributed by atoms with van der Waals surface area (Å²) in [4.78, 5) is 0. The summed E-state index contributed by atoms with van der Waals surface area (Å²) < 4.78 is 13.3. The van der Waals surface area contributed by atoms with Crippen molar-refractivity contribution < 1.29 is 4.39 Å². The predicted octanol–water partition coefficient (Wildman–Crippen LogP) is 2.94. The lowest BCUT2D eigenvalue weighted by molar-refractivity contribution is 0.118. The smallest absolute Gasteiger partial charge is 0.123 e. The fourth-order valence-electron chi connectivity index (χ4n) is 4.80. The number of halogens is 1. The van der Waals surface area contributed by atoms with Crippen molar-refractivity contribution >= 4 is 0 Å². The normalized spacial score (nSPS) is 40.0. The molecular weight excluding hydrogens is 289 g/mol. The van der Waals surface area contributed by atoms with Crippen LogP contribution in [0.2, 0.25) is 0 Å². The summed E-state index contributed by atoms with van der Waals surface area (Å²) in [5.74, 6) is 0.951. The van der Waals surface area contributed by atoms with Gasteiger partial charge in [-0.05, 0) is 55.2 Å². The first kappa shape index (κ1) is 15.6. The van der Waals surface area contributed by atoms with Gasteiger partial charge in [0, 0.05) is 24.2 Å². The maximum absolute atomic E-state index is 13.3. The lowest BCUT2D eigenvalue weighted by atomic mass is 9.77. The Labute approximate surface area is 138 Å².